The Morgan fingerprint density at radius 3 is 2.58 bits per heavy atom. The molecule has 8 heteroatoms. The molecule has 1 aliphatic heterocycles. The summed E-state index contributed by atoms with van der Waals surface area (Å²) in [7, 11) is 1.96. The number of fused-ring (bicyclic) bond motifs is 3. The average molecular weight is 413 g/mol. The average Bonchev–Trinajstić information content (AvgIpc) is 3.39. The number of carbonyl (C=O) groups is 1. The molecule has 0 saturated heterocycles. The first-order valence-corrected chi connectivity index (χ1v) is 10.3. The number of imidazole rings is 1. The molecule has 5 rings (SSSR count). The van der Waals surface area contributed by atoms with Crippen LogP contribution in [0.25, 0.3) is 11.2 Å². The molecule has 0 radical (unpaired) electrons. The smallest absolute Gasteiger partial charge is 0.214 e. The van der Waals surface area contributed by atoms with Crippen molar-refractivity contribution < 1.29 is 4.79 Å². The Bertz CT molecular complexity index is 1230. The Balaban J connectivity index is 1.44. The first-order valence-electron chi connectivity index (χ1n) is 10.3. The monoisotopic (exact) mass is 413 g/mol. The number of rotatable bonds is 6. The van der Waals surface area contributed by atoms with Gasteiger partial charge in [0.05, 0.1) is 5.69 Å². The lowest BCUT2D eigenvalue weighted by Gasteiger charge is -2.25. The summed E-state index contributed by atoms with van der Waals surface area (Å²) in [4.78, 5) is 31.1. The quantitative estimate of drug-likeness (QED) is 0.449. The zero-order valence-electron chi connectivity index (χ0n) is 17.5. The predicted octanol–water partition coefficient (Wildman–Crippen LogP) is 3.73. The third-order valence-corrected chi connectivity index (χ3v) is 5.68. The molecule has 0 aliphatic carbocycles. The van der Waals surface area contributed by atoms with E-state index in [2.05, 4.69) is 43.7 Å². The normalized spacial score (nSPS) is 12.8. The van der Waals surface area contributed by atoms with Gasteiger partial charge >= 0.3 is 0 Å². The van der Waals surface area contributed by atoms with Crippen molar-refractivity contribution in [1.82, 2.24) is 19.5 Å². The maximum Gasteiger partial charge on any atom is 0.214 e. The van der Waals surface area contributed by atoms with E-state index in [4.69, 9.17) is 4.98 Å². The van der Waals surface area contributed by atoms with Gasteiger partial charge < -0.3 is 14.7 Å². The highest BCUT2D eigenvalue weighted by Crippen LogP contribution is 2.35. The predicted molar refractivity (Wildman–Crippen MR) is 122 cm³/mol. The van der Waals surface area contributed by atoms with E-state index in [0.29, 0.717) is 6.54 Å². The lowest BCUT2D eigenvalue weighted by atomic mass is 10.2. The molecule has 4 aromatic rings. The summed E-state index contributed by atoms with van der Waals surface area (Å²) >= 11 is 0. The summed E-state index contributed by atoms with van der Waals surface area (Å²) in [5, 5.41) is 0. The van der Waals surface area contributed by atoms with Crippen LogP contribution in [0.2, 0.25) is 0 Å². The molecule has 156 valence electrons. The van der Waals surface area contributed by atoms with Crippen LogP contribution in [0.15, 0.2) is 60.9 Å². The van der Waals surface area contributed by atoms with Gasteiger partial charge in [0.15, 0.2) is 11.5 Å². The number of aromatic nitrogens is 4. The third-order valence-electron chi connectivity index (χ3n) is 5.68. The zero-order valence-corrected chi connectivity index (χ0v) is 17.5. The molecular weight excluding hydrogens is 390 g/mol. The van der Waals surface area contributed by atoms with Crippen molar-refractivity contribution >= 4 is 46.4 Å². The lowest BCUT2D eigenvalue weighted by Crippen LogP contribution is -2.24. The fourth-order valence-electron chi connectivity index (χ4n) is 4.05. The second kappa shape index (κ2) is 7.71. The molecule has 1 aliphatic rings. The Kier molecular flexibility index (Phi) is 4.74. The summed E-state index contributed by atoms with van der Waals surface area (Å²) in [6.45, 7) is 4.25. The van der Waals surface area contributed by atoms with Gasteiger partial charge in [-0.15, -0.1) is 0 Å². The summed E-state index contributed by atoms with van der Waals surface area (Å²) in [6, 6.07) is 16.0. The highest BCUT2D eigenvalue weighted by molar-refractivity contribution is 5.84. The van der Waals surface area contributed by atoms with Crippen molar-refractivity contribution in [2.24, 2.45) is 0 Å². The minimum atomic E-state index is 0.583. The highest BCUT2D eigenvalue weighted by atomic mass is 16.1. The van der Waals surface area contributed by atoms with E-state index in [0.717, 1.165) is 59.5 Å². The molecule has 0 N–H and O–H groups in total. The molecule has 1 aromatic carbocycles. The van der Waals surface area contributed by atoms with Crippen molar-refractivity contribution in [3.05, 3.63) is 60.9 Å². The maximum absolute atomic E-state index is 11.5. The molecule has 0 spiro atoms. The van der Waals surface area contributed by atoms with Crippen LogP contribution < -0.4 is 14.7 Å². The van der Waals surface area contributed by atoms with Crippen molar-refractivity contribution in [2.75, 3.05) is 34.8 Å². The molecule has 3 aromatic heterocycles. The number of amides is 1. The third kappa shape index (κ3) is 3.16. The van der Waals surface area contributed by atoms with E-state index < -0.39 is 0 Å². The van der Waals surface area contributed by atoms with E-state index in [1.165, 1.54) is 0 Å². The fourth-order valence-corrected chi connectivity index (χ4v) is 4.05. The molecule has 0 unspecified atom stereocenters. The first kappa shape index (κ1) is 19.0. The van der Waals surface area contributed by atoms with E-state index in [-0.39, 0.29) is 0 Å². The van der Waals surface area contributed by atoms with Crippen LogP contribution in [-0.2, 0) is 11.3 Å². The fraction of sp³-hybridized carbons (Fsp3) is 0.217. The standard InChI is InChI=1S/C23H23N7O/c1-3-28(16-31)20-7-5-13-25-22(20)27(2)17-8-10-18(11-9-17)29-14-15-30-21-19(26-23(29)30)6-4-12-24-21/h4-13,16H,3,14-15H2,1-2H3. The van der Waals surface area contributed by atoms with Crippen LogP contribution in [-0.4, -0.2) is 46.1 Å². The Hall–Kier alpha value is -3.94. The van der Waals surface area contributed by atoms with Crippen LogP contribution in [0.3, 0.4) is 0 Å². The molecule has 0 fully saturated rings. The number of benzene rings is 1. The van der Waals surface area contributed by atoms with Gasteiger partial charge in [-0.25, -0.2) is 15.0 Å². The second-order valence-electron chi connectivity index (χ2n) is 7.37. The number of nitrogens with zero attached hydrogens (tertiary/aromatic N) is 7. The van der Waals surface area contributed by atoms with Gasteiger partial charge in [-0.2, -0.15) is 0 Å². The largest absolute Gasteiger partial charge is 0.328 e. The Morgan fingerprint density at radius 2 is 1.81 bits per heavy atom. The molecule has 1 amide bonds. The molecular formula is C23H23N7O. The molecule has 31 heavy (non-hydrogen) atoms. The van der Waals surface area contributed by atoms with E-state index in [1.807, 2.05) is 43.1 Å². The second-order valence-corrected chi connectivity index (χ2v) is 7.37. The highest BCUT2D eigenvalue weighted by Gasteiger charge is 2.25. The number of hydrogen-bond acceptors (Lipinski definition) is 6. The topological polar surface area (TPSA) is 70.4 Å². The van der Waals surface area contributed by atoms with Gasteiger partial charge in [0.2, 0.25) is 12.4 Å². The van der Waals surface area contributed by atoms with Crippen molar-refractivity contribution in [3.8, 4) is 0 Å². The SMILES string of the molecule is CCN(C=O)c1cccnc1N(C)c1ccc(N2CCn3c2nc2cccnc23)cc1. The molecule has 0 saturated carbocycles. The van der Waals surface area contributed by atoms with E-state index in [1.54, 1.807) is 17.3 Å². The van der Waals surface area contributed by atoms with Gasteiger partial charge in [-0.1, -0.05) is 0 Å². The van der Waals surface area contributed by atoms with Crippen molar-refractivity contribution in [2.45, 2.75) is 13.5 Å². The molecule has 4 heterocycles. The lowest BCUT2D eigenvalue weighted by molar-refractivity contribution is -0.107. The maximum atomic E-state index is 11.5. The van der Waals surface area contributed by atoms with E-state index in [9.17, 15) is 4.79 Å². The summed E-state index contributed by atoms with van der Waals surface area (Å²) in [6.07, 6.45) is 4.39. The minimum absolute atomic E-state index is 0.583. The summed E-state index contributed by atoms with van der Waals surface area (Å²) in [5.74, 6) is 1.66. The van der Waals surface area contributed by atoms with Crippen LogP contribution in [0.1, 0.15) is 6.92 Å². The Morgan fingerprint density at radius 1 is 1.03 bits per heavy atom. The van der Waals surface area contributed by atoms with Crippen molar-refractivity contribution in [1.29, 1.82) is 0 Å². The zero-order chi connectivity index (χ0) is 21.4. The number of carbonyl (C=O) groups excluding carboxylic acids is 1. The number of hydrogen-bond donors (Lipinski definition) is 0. The van der Waals surface area contributed by atoms with Gasteiger partial charge in [0, 0.05) is 50.5 Å². The van der Waals surface area contributed by atoms with Gasteiger partial charge in [0.25, 0.3) is 0 Å². The van der Waals surface area contributed by atoms with Crippen LogP contribution >= 0.6 is 0 Å². The first-order chi connectivity index (χ1) is 15.2. The van der Waals surface area contributed by atoms with Crippen LogP contribution in [0.5, 0.6) is 0 Å². The number of anilines is 5. The summed E-state index contributed by atoms with van der Waals surface area (Å²) in [5.41, 5.74) is 4.69. The van der Waals surface area contributed by atoms with Gasteiger partial charge in [-0.05, 0) is 55.5 Å². The Labute approximate surface area is 180 Å². The van der Waals surface area contributed by atoms with Crippen molar-refractivity contribution in [3.63, 3.8) is 0 Å². The molecule has 0 bridgehead atoms. The number of pyridine rings is 2. The molecule has 0 atom stereocenters. The van der Waals surface area contributed by atoms with Gasteiger partial charge in [0.1, 0.15) is 5.52 Å². The summed E-state index contributed by atoms with van der Waals surface area (Å²) < 4.78 is 2.16. The van der Waals surface area contributed by atoms with Gasteiger partial charge in [-0.3, -0.25) is 9.36 Å². The van der Waals surface area contributed by atoms with E-state index >= 15 is 0 Å². The minimum Gasteiger partial charge on any atom is -0.328 e. The van der Waals surface area contributed by atoms with Crippen LogP contribution in [0.4, 0.5) is 28.8 Å². The van der Waals surface area contributed by atoms with Crippen LogP contribution in [0, 0.1) is 0 Å². The molecule has 8 nitrogen and oxygen atoms in total.